The molecule has 0 fully saturated rings. The molecular formula is C15H12F2N2O6. The molecule has 0 saturated heterocycles. The number of anilines is 1. The van der Waals surface area contributed by atoms with Crippen molar-refractivity contribution in [3.8, 4) is 16.9 Å². The van der Waals surface area contributed by atoms with Gasteiger partial charge in [0, 0.05) is 5.56 Å². The average Bonchev–Trinajstić information content (AvgIpc) is 2.49. The molecule has 0 bridgehead atoms. The molecule has 1 heterocycles. The number of hydrogen-bond acceptors (Lipinski definition) is 5. The van der Waals surface area contributed by atoms with Gasteiger partial charge in [0.1, 0.15) is 22.7 Å². The minimum Gasteiger partial charge on any atom is -0.493 e. The van der Waals surface area contributed by atoms with Gasteiger partial charge in [-0.05, 0) is 19.1 Å². The average molecular weight is 354 g/mol. The normalized spacial score (nSPS) is 10.5. The first-order valence-corrected chi connectivity index (χ1v) is 6.84. The van der Waals surface area contributed by atoms with Gasteiger partial charge in [-0.2, -0.15) is 0 Å². The summed E-state index contributed by atoms with van der Waals surface area (Å²) < 4.78 is 33.3. The highest BCUT2D eigenvalue weighted by Crippen LogP contribution is 2.38. The summed E-state index contributed by atoms with van der Waals surface area (Å²) in [5.41, 5.74) is 0.517. The summed E-state index contributed by atoms with van der Waals surface area (Å²) in [6.45, 7) is 1.51. The molecule has 0 aliphatic rings. The van der Waals surface area contributed by atoms with E-state index >= 15 is 0 Å². The highest BCUT2D eigenvalue weighted by molar-refractivity contribution is 6.08. The van der Waals surface area contributed by atoms with Gasteiger partial charge in [-0.3, -0.25) is 4.79 Å². The van der Waals surface area contributed by atoms with E-state index in [1.165, 1.54) is 6.92 Å². The van der Waals surface area contributed by atoms with Crippen LogP contribution in [0.1, 0.15) is 27.6 Å². The van der Waals surface area contributed by atoms with Gasteiger partial charge in [-0.15, -0.1) is 0 Å². The van der Waals surface area contributed by atoms with Crippen LogP contribution in [-0.2, 0) is 0 Å². The van der Waals surface area contributed by atoms with Crippen molar-refractivity contribution in [2.75, 3.05) is 12.3 Å². The van der Waals surface area contributed by atoms with E-state index in [4.69, 9.17) is 10.5 Å². The van der Waals surface area contributed by atoms with Crippen molar-refractivity contribution in [2.45, 2.75) is 6.92 Å². The molecule has 0 radical (unpaired) electrons. The molecule has 0 saturated carbocycles. The fourth-order valence-electron chi connectivity index (χ4n) is 2.34. The number of H-pyrrole nitrogens is 1. The number of halogens is 2. The van der Waals surface area contributed by atoms with Crippen LogP contribution in [0.3, 0.4) is 0 Å². The fraction of sp³-hybridized carbons (Fsp3) is 0.133. The van der Waals surface area contributed by atoms with E-state index in [0.29, 0.717) is 0 Å². The Hall–Kier alpha value is -3.43. The number of carboxylic acid groups (broad SMARTS) is 2. The number of carboxylic acids is 2. The molecule has 25 heavy (non-hydrogen) atoms. The zero-order valence-electron chi connectivity index (χ0n) is 12.7. The highest BCUT2D eigenvalue weighted by Gasteiger charge is 2.31. The second-order valence-electron chi connectivity index (χ2n) is 4.77. The zero-order valence-corrected chi connectivity index (χ0v) is 12.7. The molecule has 0 spiro atoms. The highest BCUT2D eigenvalue weighted by atomic mass is 19.2. The number of nitrogens with two attached hydrogens (primary N) is 1. The van der Waals surface area contributed by atoms with E-state index < -0.39 is 57.2 Å². The minimum atomic E-state index is -1.84. The molecule has 0 amide bonds. The Labute approximate surface area is 138 Å². The molecule has 1 aromatic carbocycles. The van der Waals surface area contributed by atoms with E-state index in [1.807, 2.05) is 4.98 Å². The molecule has 5 N–H and O–H groups in total. The summed E-state index contributed by atoms with van der Waals surface area (Å²) in [5.74, 6) is -7.58. The third-order valence-electron chi connectivity index (χ3n) is 3.28. The van der Waals surface area contributed by atoms with E-state index in [1.54, 1.807) is 0 Å². The number of aromatic carboxylic acids is 2. The molecule has 1 aromatic heterocycles. The van der Waals surface area contributed by atoms with Crippen LogP contribution in [0, 0.1) is 11.6 Å². The first kappa shape index (κ1) is 17.9. The summed E-state index contributed by atoms with van der Waals surface area (Å²) in [7, 11) is 0. The molecule has 2 aromatic rings. The summed E-state index contributed by atoms with van der Waals surface area (Å²) >= 11 is 0. The van der Waals surface area contributed by atoms with Gasteiger partial charge in [-0.1, -0.05) is 0 Å². The maximum Gasteiger partial charge on any atom is 0.342 e. The number of carbonyl (C=O) groups is 2. The van der Waals surface area contributed by atoms with Crippen LogP contribution in [0.4, 0.5) is 14.6 Å². The molecule has 8 nitrogen and oxygen atoms in total. The predicted octanol–water partition coefficient (Wildman–Crippen LogP) is 1.70. The molecule has 10 heteroatoms. The van der Waals surface area contributed by atoms with Crippen LogP contribution >= 0.6 is 0 Å². The Morgan fingerprint density at radius 3 is 2.28 bits per heavy atom. The Kier molecular flexibility index (Phi) is 4.72. The third kappa shape index (κ3) is 3.01. The van der Waals surface area contributed by atoms with E-state index in [2.05, 4.69) is 0 Å². The van der Waals surface area contributed by atoms with Crippen molar-refractivity contribution in [1.29, 1.82) is 0 Å². The first-order valence-electron chi connectivity index (χ1n) is 6.84. The van der Waals surface area contributed by atoms with Gasteiger partial charge in [0.2, 0.25) is 0 Å². The second-order valence-corrected chi connectivity index (χ2v) is 4.77. The van der Waals surface area contributed by atoms with Crippen LogP contribution in [0.5, 0.6) is 5.75 Å². The topological polar surface area (TPSA) is 143 Å². The number of aromatic nitrogens is 1. The number of pyridine rings is 1. The number of aromatic amines is 1. The largest absolute Gasteiger partial charge is 0.493 e. The summed E-state index contributed by atoms with van der Waals surface area (Å²) in [6, 6.07) is 1.72. The predicted molar refractivity (Wildman–Crippen MR) is 81.9 cm³/mol. The smallest absolute Gasteiger partial charge is 0.342 e. The van der Waals surface area contributed by atoms with E-state index in [9.17, 15) is 33.4 Å². The van der Waals surface area contributed by atoms with Gasteiger partial charge in [0.15, 0.2) is 11.6 Å². The van der Waals surface area contributed by atoms with E-state index in [-0.39, 0.29) is 12.4 Å². The van der Waals surface area contributed by atoms with Crippen molar-refractivity contribution in [2.24, 2.45) is 0 Å². The van der Waals surface area contributed by atoms with Crippen LogP contribution < -0.4 is 16.0 Å². The lowest BCUT2D eigenvalue weighted by Gasteiger charge is -2.16. The minimum absolute atomic E-state index is 0.0123. The number of rotatable bonds is 5. The monoisotopic (exact) mass is 354 g/mol. The molecule has 132 valence electrons. The number of nitrogens with one attached hydrogen (secondary N) is 1. The maximum absolute atomic E-state index is 14.4. The van der Waals surface area contributed by atoms with Crippen molar-refractivity contribution < 1.29 is 33.3 Å². The summed E-state index contributed by atoms with van der Waals surface area (Å²) in [4.78, 5) is 36.8. The number of hydrogen-bond donors (Lipinski definition) is 4. The van der Waals surface area contributed by atoms with Gasteiger partial charge in [0.25, 0.3) is 5.56 Å². The Bertz CT molecular complexity index is 939. The molecule has 0 aliphatic heterocycles. The lowest BCUT2D eigenvalue weighted by molar-refractivity contribution is 0.0695. The van der Waals surface area contributed by atoms with Gasteiger partial charge in [0.05, 0.1) is 12.2 Å². The van der Waals surface area contributed by atoms with Crippen LogP contribution in [0.15, 0.2) is 16.9 Å². The molecular weight excluding hydrogens is 342 g/mol. The second kappa shape index (κ2) is 6.59. The van der Waals surface area contributed by atoms with Gasteiger partial charge >= 0.3 is 11.9 Å². The lowest BCUT2D eigenvalue weighted by Crippen LogP contribution is -2.24. The van der Waals surface area contributed by atoms with Gasteiger partial charge < -0.3 is 25.7 Å². The first-order chi connectivity index (χ1) is 11.7. The maximum atomic E-state index is 14.4. The summed E-state index contributed by atoms with van der Waals surface area (Å²) in [6.07, 6.45) is 0. The Morgan fingerprint density at radius 1 is 1.16 bits per heavy atom. The molecule has 0 unspecified atom stereocenters. The fourth-order valence-corrected chi connectivity index (χ4v) is 2.34. The lowest BCUT2D eigenvalue weighted by atomic mass is 9.94. The SMILES string of the molecule is CCOc1ccc(F)c(F)c1-c1c(C(=O)O)c(N)[nH]c(=O)c1C(=O)O. The molecule has 0 atom stereocenters. The van der Waals surface area contributed by atoms with Crippen LogP contribution in [0.2, 0.25) is 0 Å². The number of ether oxygens (including phenoxy) is 1. The van der Waals surface area contributed by atoms with Crippen molar-refractivity contribution in [1.82, 2.24) is 4.98 Å². The van der Waals surface area contributed by atoms with Crippen molar-refractivity contribution in [3.05, 3.63) is 45.2 Å². The molecule has 2 rings (SSSR count). The van der Waals surface area contributed by atoms with Crippen LogP contribution in [0.25, 0.3) is 11.1 Å². The quantitative estimate of drug-likeness (QED) is 0.640. The Balaban J connectivity index is 3.11. The standard InChI is InChI=1S/C15H12F2N2O6/c1-2-25-6-4-3-5(16)11(17)7(6)8-9(14(21)22)12(18)19-13(20)10(8)15(23)24/h3-4H,2H2,1H3,(H,21,22)(H,23,24)(H3,18,19,20). The number of nitrogen functional groups attached to an aromatic ring is 1. The third-order valence-corrected chi connectivity index (χ3v) is 3.28. The van der Waals surface area contributed by atoms with Gasteiger partial charge in [-0.25, -0.2) is 18.4 Å². The van der Waals surface area contributed by atoms with Crippen molar-refractivity contribution >= 4 is 17.8 Å². The number of benzene rings is 1. The van der Waals surface area contributed by atoms with Crippen LogP contribution in [-0.4, -0.2) is 33.7 Å². The zero-order chi connectivity index (χ0) is 18.9. The summed E-state index contributed by atoms with van der Waals surface area (Å²) in [5, 5.41) is 18.6. The Morgan fingerprint density at radius 2 is 1.76 bits per heavy atom. The van der Waals surface area contributed by atoms with Crippen molar-refractivity contribution in [3.63, 3.8) is 0 Å². The van der Waals surface area contributed by atoms with E-state index in [0.717, 1.165) is 12.1 Å². The molecule has 0 aliphatic carbocycles.